The van der Waals surface area contributed by atoms with Gasteiger partial charge in [0.2, 0.25) is 0 Å². The van der Waals surface area contributed by atoms with E-state index < -0.39 is 0 Å². The van der Waals surface area contributed by atoms with E-state index in [1.165, 1.54) is 0 Å². The average Bonchev–Trinajstić information content (AvgIpc) is 2.74. The first kappa shape index (κ1) is 20.5. The maximum absolute atomic E-state index is 12.8. The van der Waals surface area contributed by atoms with Crippen molar-refractivity contribution in [2.75, 3.05) is 11.9 Å². The largest absolute Gasteiger partial charge is 0.338 e. The van der Waals surface area contributed by atoms with E-state index in [2.05, 4.69) is 34.4 Å². The monoisotopic (exact) mass is 393 g/mol. The Bertz CT molecular complexity index is 1030. The standard InChI is InChI=1S/C22H27N5O2/c1-3-5-11-23-22(29)26-20-10-8-17(14-24-20)16-7-9-19-18(13-16)21(28)27(15-25-19)12-6-4-2/h7-10,13-15H,3-6,11-12H2,1-2H3,(H2,23,24,26,29). The molecule has 2 amide bonds. The second-order valence-corrected chi connectivity index (χ2v) is 7.00. The van der Waals surface area contributed by atoms with Crippen molar-refractivity contribution in [2.45, 2.75) is 46.1 Å². The zero-order valence-corrected chi connectivity index (χ0v) is 16.9. The Balaban J connectivity index is 1.78. The molecule has 7 heteroatoms. The highest BCUT2D eigenvalue weighted by molar-refractivity contribution is 5.88. The molecular formula is C22H27N5O2. The van der Waals surface area contributed by atoms with Crippen LogP contribution in [-0.4, -0.2) is 27.1 Å². The molecule has 3 aromatic rings. The molecule has 1 aromatic carbocycles. The number of carbonyl (C=O) groups excluding carboxylic acids is 1. The van der Waals surface area contributed by atoms with Crippen LogP contribution in [0, 0.1) is 0 Å². The van der Waals surface area contributed by atoms with Crippen molar-refractivity contribution in [3.8, 4) is 11.1 Å². The van der Waals surface area contributed by atoms with Gasteiger partial charge in [-0.15, -0.1) is 0 Å². The lowest BCUT2D eigenvalue weighted by molar-refractivity contribution is 0.252. The van der Waals surface area contributed by atoms with E-state index >= 15 is 0 Å². The van der Waals surface area contributed by atoms with Gasteiger partial charge in [0.1, 0.15) is 5.82 Å². The fraction of sp³-hybridized carbons (Fsp3) is 0.364. The zero-order valence-electron chi connectivity index (χ0n) is 16.9. The molecule has 0 radical (unpaired) electrons. The molecule has 0 saturated carbocycles. The van der Waals surface area contributed by atoms with Gasteiger partial charge in [-0.25, -0.2) is 14.8 Å². The predicted molar refractivity (Wildman–Crippen MR) is 116 cm³/mol. The number of anilines is 1. The molecule has 152 valence electrons. The average molecular weight is 393 g/mol. The van der Waals surface area contributed by atoms with Gasteiger partial charge in [-0.1, -0.05) is 32.8 Å². The minimum absolute atomic E-state index is 0.0275. The van der Waals surface area contributed by atoms with E-state index in [1.54, 1.807) is 23.2 Å². The van der Waals surface area contributed by atoms with Crippen molar-refractivity contribution in [3.63, 3.8) is 0 Å². The highest BCUT2D eigenvalue weighted by Gasteiger charge is 2.08. The third kappa shape index (κ3) is 5.19. The summed E-state index contributed by atoms with van der Waals surface area (Å²) < 4.78 is 1.66. The Morgan fingerprint density at radius 3 is 2.55 bits per heavy atom. The summed E-state index contributed by atoms with van der Waals surface area (Å²) in [6, 6.07) is 9.00. The summed E-state index contributed by atoms with van der Waals surface area (Å²) in [5.74, 6) is 0.479. The summed E-state index contributed by atoms with van der Waals surface area (Å²) in [5, 5.41) is 6.11. The van der Waals surface area contributed by atoms with E-state index in [0.29, 0.717) is 29.8 Å². The first-order valence-corrected chi connectivity index (χ1v) is 10.1. The number of amides is 2. The van der Waals surface area contributed by atoms with Gasteiger partial charge in [0.25, 0.3) is 5.56 Å². The number of rotatable bonds is 8. The number of carbonyl (C=O) groups is 1. The zero-order chi connectivity index (χ0) is 20.6. The van der Waals surface area contributed by atoms with Crippen molar-refractivity contribution in [2.24, 2.45) is 0 Å². The Kier molecular flexibility index (Phi) is 6.94. The SMILES string of the molecule is CCCCNC(=O)Nc1ccc(-c2ccc3ncn(CCCC)c(=O)c3c2)cn1. The normalized spacial score (nSPS) is 10.8. The van der Waals surface area contributed by atoms with Crippen LogP contribution < -0.4 is 16.2 Å². The van der Waals surface area contributed by atoms with Gasteiger partial charge in [-0.2, -0.15) is 0 Å². The smallest absolute Gasteiger partial charge is 0.320 e. The molecule has 2 aromatic heterocycles. The van der Waals surface area contributed by atoms with Gasteiger partial charge in [-0.3, -0.25) is 14.7 Å². The number of unbranched alkanes of at least 4 members (excludes halogenated alkanes) is 2. The second-order valence-electron chi connectivity index (χ2n) is 7.00. The summed E-state index contributed by atoms with van der Waals surface area (Å²) in [6.07, 6.45) is 7.24. The molecule has 2 N–H and O–H groups in total. The lowest BCUT2D eigenvalue weighted by Gasteiger charge is -2.09. The second kappa shape index (κ2) is 9.82. The van der Waals surface area contributed by atoms with Crippen molar-refractivity contribution in [1.29, 1.82) is 0 Å². The number of hydrogen-bond donors (Lipinski definition) is 2. The summed E-state index contributed by atoms with van der Waals surface area (Å²) in [7, 11) is 0. The molecule has 0 unspecified atom stereocenters. The quantitative estimate of drug-likeness (QED) is 0.562. The number of aryl methyl sites for hydroxylation is 1. The van der Waals surface area contributed by atoms with Gasteiger partial charge in [0, 0.05) is 24.8 Å². The van der Waals surface area contributed by atoms with Crippen LogP contribution in [0.15, 0.2) is 47.7 Å². The van der Waals surface area contributed by atoms with Crippen LogP contribution in [0.25, 0.3) is 22.0 Å². The molecule has 29 heavy (non-hydrogen) atoms. The fourth-order valence-corrected chi connectivity index (χ4v) is 3.00. The van der Waals surface area contributed by atoms with Crippen LogP contribution in [0.3, 0.4) is 0 Å². The Morgan fingerprint density at radius 2 is 1.83 bits per heavy atom. The van der Waals surface area contributed by atoms with Crippen molar-refractivity contribution >= 4 is 22.8 Å². The number of nitrogens with zero attached hydrogens (tertiary/aromatic N) is 3. The van der Waals surface area contributed by atoms with Crippen LogP contribution in [0.1, 0.15) is 39.5 Å². The maximum atomic E-state index is 12.8. The molecule has 2 heterocycles. The summed E-state index contributed by atoms with van der Waals surface area (Å²) in [5.41, 5.74) is 2.41. The minimum atomic E-state index is -0.261. The number of hydrogen-bond acceptors (Lipinski definition) is 4. The van der Waals surface area contributed by atoms with Crippen molar-refractivity contribution in [3.05, 3.63) is 53.2 Å². The molecule has 7 nitrogen and oxygen atoms in total. The first-order valence-electron chi connectivity index (χ1n) is 10.1. The van der Waals surface area contributed by atoms with Crippen LogP contribution in [-0.2, 0) is 6.54 Å². The number of fused-ring (bicyclic) bond motifs is 1. The number of aromatic nitrogens is 3. The fourth-order valence-electron chi connectivity index (χ4n) is 3.00. The first-order chi connectivity index (χ1) is 14.1. The van der Waals surface area contributed by atoms with E-state index in [0.717, 1.165) is 36.8 Å². The summed E-state index contributed by atoms with van der Waals surface area (Å²) >= 11 is 0. The van der Waals surface area contributed by atoms with E-state index in [-0.39, 0.29) is 11.6 Å². The third-order valence-corrected chi connectivity index (χ3v) is 4.73. The van der Waals surface area contributed by atoms with Gasteiger partial charge >= 0.3 is 6.03 Å². The van der Waals surface area contributed by atoms with E-state index in [1.807, 2.05) is 24.3 Å². The molecular weight excluding hydrogens is 366 g/mol. The minimum Gasteiger partial charge on any atom is -0.338 e. The lowest BCUT2D eigenvalue weighted by Crippen LogP contribution is -2.29. The number of benzene rings is 1. The number of pyridine rings is 1. The summed E-state index contributed by atoms with van der Waals surface area (Å²) in [6.45, 7) is 5.48. The van der Waals surface area contributed by atoms with Crippen LogP contribution >= 0.6 is 0 Å². The maximum Gasteiger partial charge on any atom is 0.320 e. The number of nitrogens with one attached hydrogen (secondary N) is 2. The molecule has 0 bridgehead atoms. The van der Waals surface area contributed by atoms with Crippen molar-refractivity contribution < 1.29 is 4.79 Å². The third-order valence-electron chi connectivity index (χ3n) is 4.73. The van der Waals surface area contributed by atoms with Gasteiger partial charge < -0.3 is 5.32 Å². The van der Waals surface area contributed by atoms with E-state index in [4.69, 9.17) is 0 Å². The molecule has 0 atom stereocenters. The Hall–Kier alpha value is -3.22. The van der Waals surface area contributed by atoms with E-state index in [9.17, 15) is 9.59 Å². The van der Waals surface area contributed by atoms with Gasteiger partial charge in [0.05, 0.1) is 17.2 Å². The molecule has 3 rings (SSSR count). The Labute approximate surface area is 170 Å². The topological polar surface area (TPSA) is 88.9 Å². The molecule has 0 fully saturated rings. The lowest BCUT2D eigenvalue weighted by atomic mass is 10.1. The van der Waals surface area contributed by atoms with Crippen LogP contribution in [0.5, 0.6) is 0 Å². The Morgan fingerprint density at radius 1 is 1.03 bits per heavy atom. The highest BCUT2D eigenvalue weighted by atomic mass is 16.2. The molecule has 0 aliphatic heterocycles. The summed E-state index contributed by atoms with van der Waals surface area (Å²) in [4.78, 5) is 33.3. The number of urea groups is 1. The molecule has 0 aliphatic rings. The highest BCUT2D eigenvalue weighted by Crippen LogP contribution is 2.22. The van der Waals surface area contributed by atoms with Gasteiger partial charge in [0.15, 0.2) is 0 Å². The molecule has 0 saturated heterocycles. The molecule has 0 aliphatic carbocycles. The molecule has 0 spiro atoms. The van der Waals surface area contributed by atoms with Crippen molar-refractivity contribution in [1.82, 2.24) is 19.9 Å². The van der Waals surface area contributed by atoms with Gasteiger partial charge in [-0.05, 0) is 42.7 Å². The van der Waals surface area contributed by atoms with Crippen LogP contribution in [0.4, 0.5) is 10.6 Å². The van der Waals surface area contributed by atoms with Crippen LogP contribution in [0.2, 0.25) is 0 Å². The predicted octanol–water partition coefficient (Wildman–Crippen LogP) is 4.18.